The highest BCUT2D eigenvalue weighted by molar-refractivity contribution is 9.10. The van der Waals surface area contributed by atoms with Crippen molar-refractivity contribution in [3.8, 4) is 17.2 Å². The molecular weight excluding hydrogens is 630 g/mol. The van der Waals surface area contributed by atoms with E-state index >= 15 is 0 Å². The molecule has 5 aromatic carbocycles. The first-order valence-corrected chi connectivity index (χ1v) is 15.0. The van der Waals surface area contributed by atoms with E-state index in [0.29, 0.717) is 21.3 Å². The number of rotatable bonds is 8. The van der Waals surface area contributed by atoms with Crippen LogP contribution in [0.4, 0.5) is 4.79 Å². The van der Waals surface area contributed by atoms with Crippen LogP contribution < -0.4 is 14.2 Å². The molecule has 0 spiro atoms. The van der Waals surface area contributed by atoms with Gasteiger partial charge in [-0.05, 0) is 79.8 Å². The van der Waals surface area contributed by atoms with Crippen molar-refractivity contribution in [3.05, 3.63) is 118 Å². The summed E-state index contributed by atoms with van der Waals surface area (Å²) in [6.45, 7) is 0.275. The number of esters is 1. The van der Waals surface area contributed by atoms with Crippen LogP contribution in [-0.4, -0.2) is 42.3 Å². The number of thioether (sulfide) groups is 1. The van der Waals surface area contributed by atoms with Crippen LogP contribution in [0.3, 0.4) is 0 Å². The maximum absolute atomic E-state index is 13.2. The minimum absolute atomic E-state index is 0.112. The highest BCUT2D eigenvalue weighted by Crippen LogP contribution is 2.40. The Balaban J connectivity index is 1.17. The average Bonchev–Trinajstić information content (AvgIpc) is 3.29. The van der Waals surface area contributed by atoms with E-state index in [-0.39, 0.29) is 34.8 Å². The minimum Gasteiger partial charge on any atom is -0.493 e. The van der Waals surface area contributed by atoms with E-state index in [1.165, 1.54) is 12.0 Å². The van der Waals surface area contributed by atoms with Crippen molar-refractivity contribution in [1.82, 2.24) is 4.90 Å². The second-order valence-electron chi connectivity index (χ2n) is 9.61. The first-order valence-electron chi connectivity index (χ1n) is 13.4. The lowest BCUT2D eigenvalue weighted by atomic mass is 10.0. The van der Waals surface area contributed by atoms with Gasteiger partial charge in [0, 0.05) is 5.39 Å². The molecule has 1 aliphatic heterocycles. The summed E-state index contributed by atoms with van der Waals surface area (Å²) in [6.07, 6.45) is 1.61. The predicted octanol–water partition coefficient (Wildman–Crippen LogP) is 8.10. The molecule has 0 radical (unpaired) electrons. The number of benzene rings is 5. The third kappa shape index (κ3) is 5.86. The normalized spacial score (nSPS) is 14.1. The van der Waals surface area contributed by atoms with Gasteiger partial charge >= 0.3 is 5.97 Å². The van der Waals surface area contributed by atoms with Crippen molar-refractivity contribution in [1.29, 1.82) is 0 Å². The van der Waals surface area contributed by atoms with E-state index in [9.17, 15) is 14.4 Å². The monoisotopic (exact) mass is 653 g/mol. The van der Waals surface area contributed by atoms with E-state index in [4.69, 9.17) is 14.2 Å². The maximum Gasteiger partial charge on any atom is 0.344 e. The summed E-state index contributed by atoms with van der Waals surface area (Å²) >= 11 is 4.34. The molecule has 1 aliphatic rings. The number of hydrogen-bond acceptors (Lipinski definition) is 7. The third-order valence-electron chi connectivity index (χ3n) is 6.95. The number of nitrogens with zero attached hydrogens (tertiary/aromatic N) is 1. The van der Waals surface area contributed by atoms with Gasteiger partial charge in [0.25, 0.3) is 11.1 Å². The summed E-state index contributed by atoms with van der Waals surface area (Å²) in [5.74, 6) is 0.250. The Kier molecular flexibility index (Phi) is 8.18. The van der Waals surface area contributed by atoms with Crippen molar-refractivity contribution < 1.29 is 28.6 Å². The summed E-state index contributed by atoms with van der Waals surface area (Å²) in [5.41, 5.74) is 1.01. The van der Waals surface area contributed by atoms with Crippen molar-refractivity contribution >= 4 is 72.4 Å². The molecule has 43 heavy (non-hydrogen) atoms. The van der Waals surface area contributed by atoms with E-state index in [1.807, 2.05) is 72.8 Å². The predicted molar refractivity (Wildman–Crippen MR) is 172 cm³/mol. The summed E-state index contributed by atoms with van der Waals surface area (Å²) in [6, 6.07) is 30.0. The van der Waals surface area contributed by atoms with Crippen LogP contribution in [0.15, 0.2) is 106 Å². The largest absolute Gasteiger partial charge is 0.493 e. The molecule has 0 saturated carbocycles. The zero-order chi connectivity index (χ0) is 29.9. The molecule has 1 fully saturated rings. The molecule has 0 N–H and O–H groups in total. The second kappa shape index (κ2) is 12.3. The molecule has 0 bridgehead atoms. The fourth-order valence-corrected chi connectivity index (χ4v) is 6.29. The zero-order valence-corrected chi connectivity index (χ0v) is 25.3. The van der Waals surface area contributed by atoms with Crippen LogP contribution in [-0.2, 0) is 4.79 Å². The Morgan fingerprint density at radius 2 is 1.53 bits per heavy atom. The van der Waals surface area contributed by atoms with Crippen LogP contribution >= 0.6 is 27.7 Å². The molecular formula is C34H24BrNO6S. The lowest BCUT2D eigenvalue weighted by Crippen LogP contribution is -2.32. The summed E-state index contributed by atoms with van der Waals surface area (Å²) in [5, 5.41) is 3.34. The lowest BCUT2D eigenvalue weighted by Gasteiger charge is -2.14. The van der Waals surface area contributed by atoms with Gasteiger partial charge in [0.05, 0.1) is 28.6 Å². The number of carbonyl (C=O) groups is 3. The number of ether oxygens (including phenoxy) is 3. The number of fused-ring (bicyclic) bond motifs is 2. The summed E-state index contributed by atoms with van der Waals surface area (Å²) in [7, 11) is 1.46. The first kappa shape index (κ1) is 28.5. The third-order valence-corrected chi connectivity index (χ3v) is 8.45. The van der Waals surface area contributed by atoms with Crippen molar-refractivity contribution in [3.63, 3.8) is 0 Å². The molecule has 1 heterocycles. The van der Waals surface area contributed by atoms with Gasteiger partial charge in [-0.2, -0.15) is 0 Å². The first-order chi connectivity index (χ1) is 20.9. The van der Waals surface area contributed by atoms with E-state index < -0.39 is 11.9 Å². The summed E-state index contributed by atoms with van der Waals surface area (Å²) < 4.78 is 17.7. The lowest BCUT2D eigenvalue weighted by molar-refractivity contribution is -0.123. The SMILES string of the molecule is COc1cc(/C=C2\SC(=O)N(CCOc3cccc4ccccc34)C2=O)cc(Br)c1OC(=O)c1cccc2ccccc12. The Bertz CT molecular complexity index is 1930. The van der Waals surface area contributed by atoms with Gasteiger partial charge in [-0.25, -0.2) is 4.79 Å². The Morgan fingerprint density at radius 1 is 0.860 bits per heavy atom. The van der Waals surface area contributed by atoms with Gasteiger partial charge in [0.2, 0.25) is 0 Å². The van der Waals surface area contributed by atoms with Crippen LogP contribution in [0.2, 0.25) is 0 Å². The van der Waals surface area contributed by atoms with Crippen molar-refractivity contribution in [2.45, 2.75) is 0 Å². The van der Waals surface area contributed by atoms with E-state index in [2.05, 4.69) is 15.9 Å². The Hall–Kier alpha value is -4.60. The molecule has 2 amide bonds. The van der Waals surface area contributed by atoms with Gasteiger partial charge in [-0.3, -0.25) is 14.5 Å². The molecule has 214 valence electrons. The molecule has 1 saturated heterocycles. The Morgan fingerprint density at radius 3 is 2.30 bits per heavy atom. The van der Waals surface area contributed by atoms with E-state index in [0.717, 1.165) is 33.3 Å². The summed E-state index contributed by atoms with van der Waals surface area (Å²) in [4.78, 5) is 40.5. The molecule has 5 aromatic rings. The van der Waals surface area contributed by atoms with Gasteiger partial charge in [0.1, 0.15) is 12.4 Å². The van der Waals surface area contributed by atoms with Crippen LogP contribution in [0.5, 0.6) is 17.2 Å². The minimum atomic E-state index is -0.532. The number of hydrogen-bond donors (Lipinski definition) is 0. The number of methoxy groups -OCH3 is 1. The number of halogens is 1. The maximum atomic E-state index is 13.2. The highest BCUT2D eigenvalue weighted by atomic mass is 79.9. The quantitative estimate of drug-likeness (QED) is 0.0950. The topological polar surface area (TPSA) is 82.1 Å². The molecule has 6 rings (SSSR count). The van der Waals surface area contributed by atoms with Crippen LogP contribution in [0, 0.1) is 0 Å². The van der Waals surface area contributed by atoms with E-state index in [1.54, 1.807) is 30.3 Å². The van der Waals surface area contributed by atoms with Crippen molar-refractivity contribution in [2.24, 2.45) is 0 Å². The van der Waals surface area contributed by atoms with Gasteiger partial charge in [-0.1, -0.05) is 72.8 Å². The fraction of sp³-hybridized carbons (Fsp3) is 0.0882. The van der Waals surface area contributed by atoms with Crippen LogP contribution in [0.1, 0.15) is 15.9 Å². The molecule has 7 nitrogen and oxygen atoms in total. The molecule has 0 aromatic heterocycles. The smallest absolute Gasteiger partial charge is 0.344 e. The fourth-order valence-electron chi connectivity index (χ4n) is 4.89. The van der Waals surface area contributed by atoms with Crippen LogP contribution in [0.25, 0.3) is 27.6 Å². The number of carbonyl (C=O) groups excluding carboxylic acids is 3. The zero-order valence-electron chi connectivity index (χ0n) is 22.9. The average molecular weight is 655 g/mol. The standard InChI is InChI=1S/C34H24BrNO6S/c1-40-29-19-21(18-27(35)31(29)42-33(38)26-14-6-10-22-8-2-4-12-24(22)26)20-30-32(37)36(34(39)43-30)16-17-41-28-15-7-11-23-9-3-5-13-25(23)28/h2-15,18-20H,16-17H2,1H3/b30-20-. The number of imide groups is 1. The second-order valence-corrected chi connectivity index (χ2v) is 11.5. The number of amides is 2. The van der Waals surface area contributed by atoms with Gasteiger partial charge < -0.3 is 14.2 Å². The molecule has 0 unspecified atom stereocenters. The Labute approximate surface area is 260 Å². The molecule has 0 atom stereocenters. The molecule has 9 heteroatoms. The highest BCUT2D eigenvalue weighted by Gasteiger charge is 2.35. The van der Waals surface area contributed by atoms with Gasteiger partial charge in [-0.15, -0.1) is 0 Å². The molecule has 0 aliphatic carbocycles. The van der Waals surface area contributed by atoms with Crippen molar-refractivity contribution in [2.75, 3.05) is 20.3 Å². The van der Waals surface area contributed by atoms with Gasteiger partial charge in [0.15, 0.2) is 11.5 Å².